The van der Waals surface area contributed by atoms with Gasteiger partial charge in [0.1, 0.15) is 24.4 Å². The van der Waals surface area contributed by atoms with Gasteiger partial charge in [-0.1, -0.05) is 0 Å². The smallest absolute Gasteiger partial charge is 0.184 e. The summed E-state index contributed by atoms with van der Waals surface area (Å²) in [5.41, 5.74) is 0. The van der Waals surface area contributed by atoms with Gasteiger partial charge in [-0.3, -0.25) is 0 Å². The van der Waals surface area contributed by atoms with Crippen molar-refractivity contribution in [2.45, 2.75) is 70.0 Å². The van der Waals surface area contributed by atoms with Gasteiger partial charge in [0, 0.05) is 0 Å². The molecule has 3 saturated heterocycles. The Morgan fingerprint density at radius 3 is 2.17 bits per heavy atom. The Balaban J connectivity index is 1.75. The summed E-state index contributed by atoms with van der Waals surface area (Å²) in [5, 5.41) is 9.87. The lowest BCUT2D eigenvalue weighted by Crippen LogP contribution is -2.40. The Bertz CT molecular complexity index is 341. The van der Waals surface area contributed by atoms with Crippen LogP contribution in [-0.2, 0) is 23.7 Å². The lowest BCUT2D eigenvalue weighted by Gasteiger charge is -2.26. The monoisotopic (exact) mass is 260 g/mol. The van der Waals surface area contributed by atoms with Crippen molar-refractivity contribution >= 4 is 0 Å². The van der Waals surface area contributed by atoms with Crippen molar-refractivity contribution in [2.75, 3.05) is 6.61 Å². The molecule has 6 nitrogen and oxygen atoms in total. The van der Waals surface area contributed by atoms with E-state index in [0.717, 1.165) is 0 Å². The maximum atomic E-state index is 9.87. The van der Waals surface area contributed by atoms with Crippen molar-refractivity contribution in [1.29, 1.82) is 0 Å². The molecule has 3 aliphatic heterocycles. The predicted octanol–water partition coefficient (Wildman–Crippen LogP) is 0.375. The van der Waals surface area contributed by atoms with Crippen molar-refractivity contribution in [1.82, 2.24) is 0 Å². The van der Waals surface area contributed by atoms with Gasteiger partial charge in [-0.05, 0) is 27.7 Å². The molecule has 0 aromatic carbocycles. The molecule has 0 unspecified atom stereocenters. The van der Waals surface area contributed by atoms with E-state index in [1.807, 2.05) is 27.7 Å². The molecule has 3 heterocycles. The maximum Gasteiger partial charge on any atom is 0.184 e. The summed E-state index contributed by atoms with van der Waals surface area (Å²) in [5.74, 6) is -1.32. The molecule has 18 heavy (non-hydrogen) atoms. The zero-order valence-electron chi connectivity index (χ0n) is 11.1. The molecule has 0 amide bonds. The molecular weight excluding hydrogens is 240 g/mol. The topological polar surface area (TPSA) is 66.4 Å². The first-order valence-electron chi connectivity index (χ1n) is 6.28. The van der Waals surface area contributed by atoms with Crippen molar-refractivity contribution in [2.24, 2.45) is 0 Å². The summed E-state index contributed by atoms with van der Waals surface area (Å²) in [4.78, 5) is 0. The van der Waals surface area contributed by atoms with Crippen molar-refractivity contribution in [3.63, 3.8) is 0 Å². The normalized spacial score (nSPS) is 49.5. The number of rotatable bonds is 1. The van der Waals surface area contributed by atoms with Gasteiger partial charge in [0.05, 0.1) is 6.61 Å². The van der Waals surface area contributed by atoms with E-state index in [0.29, 0.717) is 6.61 Å². The Morgan fingerprint density at radius 1 is 0.889 bits per heavy atom. The van der Waals surface area contributed by atoms with E-state index in [4.69, 9.17) is 23.7 Å². The van der Waals surface area contributed by atoms with Gasteiger partial charge in [-0.15, -0.1) is 0 Å². The van der Waals surface area contributed by atoms with Crippen LogP contribution >= 0.6 is 0 Å². The van der Waals surface area contributed by atoms with Gasteiger partial charge in [0.15, 0.2) is 17.9 Å². The quantitative estimate of drug-likeness (QED) is 0.735. The summed E-state index contributed by atoms with van der Waals surface area (Å²) < 4.78 is 28.2. The van der Waals surface area contributed by atoms with Crippen molar-refractivity contribution in [3.8, 4) is 0 Å². The van der Waals surface area contributed by atoms with Gasteiger partial charge >= 0.3 is 0 Å². The zero-order chi connectivity index (χ0) is 13.1. The largest absolute Gasteiger partial charge is 0.366 e. The Kier molecular flexibility index (Phi) is 2.75. The fourth-order valence-corrected chi connectivity index (χ4v) is 2.78. The molecule has 1 N–H and O–H groups in total. The van der Waals surface area contributed by atoms with E-state index >= 15 is 0 Å². The molecular formula is C12H20O6. The van der Waals surface area contributed by atoms with E-state index in [9.17, 15) is 5.11 Å². The summed E-state index contributed by atoms with van der Waals surface area (Å²) in [7, 11) is 0. The second-order valence-electron chi connectivity index (χ2n) is 5.92. The van der Waals surface area contributed by atoms with E-state index in [-0.39, 0.29) is 18.3 Å². The molecule has 0 aromatic rings. The minimum atomic E-state index is -0.978. The SMILES string of the molecule is CC1(C)O[C@H]2[C@@H](O1)[C@H](O)O[C@@H]2[C@H]1COC(C)(C)O1. The summed E-state index contributed by atoms with van der Waals surface area (Å²) in [6.45, 7) is 7.78. The van der Waals surface area contributed by atoms with Crippen LogP contribution in [0.15, 0.2) is 0 Å². The van der Waals surface area contributed by atoms with Crippen molar-refractivity contribution < 1.29 is 28.8 Å². The van der Waals surface area contributed by atoms with Crippen molar-refractivity contribution in [3.05, 3.63) is 0 Å². The minimum Gasteiger partial charge on any atom is -0.366 e. The Hall–Kier alpha value is -0.240. The lowest BCUT2D eigenvalue weighted by atomic mass is 10.1. The van der Waals surface area contributed by atoms with Crippen LogP contribution in [0.1, 0.15) is 27.7 Å². The number of fused-ring (bicyclic) bond motifs is 1. The van der Waals surface area contributed by atoms with E-state index in [1.54, 1.807) is 0 Å². The molecule has 6 heteroatoms. The molecule has 0 aromatic heterocycles. The van der Waals surface area contributed by atoms with E-state index in [2.05, 4.69) is 0 Å². The van der Waals surface area contributed by atoms with Gasteiger partial charge in [0.25, 0.3) is 0 Å². The highest BCUT2D eigenvalue weighted by atomic mass is 16.8. The number of aliphatic hydroxyl groups is 1. The van der Waals surface area contributed by atoms with Gasteiger partial charge in [-0.25, -0.2) is 0 Å². The first kappa shape index (κ1) is 12.8. The highest BCUT2D eigenvalue weighted by molar-refractivity contribution is 4.99. The third-order valence-corrected chi connectivity index (χ3v) is 3.46. The number of hydrogen-bond acceptors (Lipinski definition) is 6. The molecule has 3 aliphatic rings. The molecule has 0 saturated carbocycles. The molecule has 0 bridgehead atoms. The van der Waals surface area contributed by atoms with Gasteiger partial charge in [0.2, 0.25) is 0 Å². The van der Waals surface area contributed by atoms with Gasteiger partial charge in [-0.2, -0.15) is 0 Å². The molecule has 3 fully saturated rings. The number of aliphatic hydroxyl groups excluding tert-OH is 1. The fourth-order valence-electron chi connectivity index (χ4n) is 2.78. The highest BCUT2D eigenvalue weighted by Gasteiger charge is 2.58. The third-order valence-electron chi connectivity index (χ3n) is 3.46. The Labute approximate surface area is 106 Å². The van der Waals surface area contributed by atoms with Crippen LogP contribution in [0.2, 0.25) is 0 Å². The van der Waals surface area contributed by atoms with Crippen LogP contribution in [0.4, 0.5) is 0 Å². The average molecular weight is 260 g/mol. The average Bonchev–Trinajstić information content (AvgIpc) is 2.81. The Morgan fingerprint density at radius 2 is 1.56 bits per heavy atom. The van der Waals surface area contributed by atoms with Gasteiger partial charge < -0.3 is 28.8 Å². The van der Waals surface area contributed by atoms with Crippen LogP contribution in [0, 0.1) is 0 Å². The second kappa shape index (κ2) is 3.88. The lowest BCUT2D eigenvalue weighted by molar-refractivity contribution is -0.236. The molecule has 5 atom stereocenters. The fraction of sp³-hybridized carbons (Fsp3) is 1.00. The molecule has 3 rings (SSSR count). The molecule has 0 radical (unpaired) electrons. The second-order valence-corrected chi connectivity index (χ2v) is 5.92. The summed E-state index contributed by atoms with van der Waals surface area (Å²) >= 11 is 0. The molecule has 0 spiro atoms. The van der Waals surface area contributed by atoms with E-state index in [1.165, 1.54) is 0 Å². The summed E-state index contributed by atoms with van der Waals surface area (Å²) in [6.07, 6.45) is -2.38. The first-order chi connectivity index (χ1) is 8.27. The number of ether oxygens (including phenoxy) is 5. The summed E-state index contributed by atoms with van der Waals surface area (Å²) in [6, 6.07) is 0. The van der Waals surface area contributed by atoms with Crippen LogP contribution in [0.3, 0.4) is 0 Å². The third kappa shape index (κ3) is 2.07. The van der Waals surface area contributed by atoms with Crippen LogP contribution < -0.4 is 0 Å². The van der Waals surface area contributed by atoms with Crippen LogP contribution in [0.5, 0.6) is 0 Å². The van der Waals surface area contributed by atoms with Crippen LogP contribution in [0.25, 0.3) is 0 Å². The highest BCUT2D eigenvalue weighted by Crippen LogP contribution is 2.41. The number of hydrogen-bond donors (Lipinski definition) is 1. The standard InChI is InChI=1S/C12H20O6/c1-11(2)14-5-6(16-11)7-8-9(10(13)15-7)18-12(3,4)17-8/h6-10,13H,5H2,1-4H3/t6-,7-,8-,9-,10-/m1/s1. The zero-order valence-corrected chi connectivity index (χ0v) is 11.1. The molecule has 104 valence electrons. The maximum absolute atomic E-state index is 9.87. The van der Waals surface area contributed by atoms with E-state index < -0.39 is 24.0 Å². The minimum absolute atomic E-state index is 0.248. The first-order valence-corrected chi connectivity index (χ1v) is 6.28. The predicted molar refractivity (Wildman–Crippen MR) is 59.6 cm³/mol. The molecule has 0 aliphatic carbocycles. The van der Waals surface area contributed by atoms with Crippen LogP contribution in [-0.4, -0.2) is 54.0 Å².